The first-order chi connectivity index (χ1) is 9.61. The molecule has 2 rings (SSSR count). The highest BCUT2D eigenvalue weighted by Crippen LogP contribution is 2.24. The minimum atomic E-state index is -0.201. The Morgan fingerprint density at radius 1 is 1.30 bits per heavy atom. The molecule has 20 heavy (non-hydrogen) atoms. The van der Waals surface area contributed by atoms with Crippen molar-refractivity contribution < 1.29 is 9.53 Å². The summed E-state index contributed by atoms with van der Waals surface area (Å²) in [5.74, 6) is 0.544. The molecule has 1 atom stereocenters. The third-order valence-corrected chi connectivity index (χ3v) is 3.17. The zero-order chi connectivity index (χ0) is 14.5. The maximum Gasteiger partial charge on any atom is 0.253 e. The van der Waals surface area contributed by atoms with Crippen LogP contribution in [0.15, 0.2) is 42.6 Å². The van der Waals surface area contributed by atoms with Gasteiger partial charge in [0.15, 0.2) is 0 Å². The van der Waals surface area contributed by atoms with Gasteiger partial charge in [0, 0.05) is 11.8 Å². The molecule has 0 saturated heterocycles. The summed E-state index contributed by atoms with van der Waals surface area (Å²) in [5, 5.41) is 3.27. The van der Waals surface area contributed by atoms with Crippen LogP contribution in [0.4, 0.5) is 0 Å². The Labute approximate surface area is 122 Å². The molecule has 0 unspecified atom stereocenters. The highest BCUT2D eigenvalue weighted by molar-refractivity contribution is 6.29. The monoisotopic (exact) mass is 290 g/mol. The number of nitrogens with zero attached hydrogens (tertiary/aromatic N) is 1. The van der Waals surface area contributed by atoms with E-state index in [2.05, 4.69) is 10.3 Å². The van der Waals surface area contributed by atoms with E-state index in [4.69, 9.17) is 16.3 Å². The van der Waals surface area contributed by atoms with Gasteiger partial charge in [0.2, 0.25) is 0 Å². The second-order valence-corrected chi connectivity index (χ2v) is 4.69. The smallest absolute Gasteiger partial charge is 0.253 e. The number of para-hydroxylation sites is 1. The van der Waals surface area contributed by atoms with Gasteiger partial charge in [-0.05, 0) is 25.1 Å². The van der Waals surface area contributed by atoms with Crippen molar-refractivity contribution in [1.82, 2.24) is 10.3 Å². The maximum absolute atomic E-state index is 12.1. The third kappa shape index (κ3) is 3.27. The minimum absolute atomic E-state index is 0.172. The molecule has 0 spiro atoms. The second-order valence-electron chi connectivity index (χ2n) is 4.31. The van der Waals surface area contributed by atoms with Crippen LogP contribution < -0.4 is 10.1 Å². The normalized spacial score (nSPS) is 11.8. The lowest BCUT2D eigenvalue weighted by Crippen LogP contribution is -2.27. The zero-order valence-electron chi connectivity index (χ0n) is 11.3. The Morgan fingerprint density at radius 3 is 2.70 bits per heavy atom. The van der Waals surface area contributed by atoms with Crippen LogP contribution in [-0.2, 0) is 0 Å². The van der Waals surface area contributed by atoms with E-state index in [1.807, 2.05) is 31.2 Å². The van der Waals surface area contributed by atoms with Crippen molar-refractivity contribution in [1.29, 1.82) is 0 Å². The molecule has 0 aliphatic rings. The van der Waals surface area contributed by atoms with Gasteiger partial charge in [-0.1, -0.05) is 29.8 Å². The fourth-order valence-electron chi connectivity index (χ4n) is 1.89. The summed E-state index contributed by atoms with van der Waals surface area (Å²) in [6.45, 7) is 1.90. The van der Waals surface area contributed by atoms with Crippen molar-refractivity contribution in [2.24, 2.45) is 0 Å². The van der Waals surface area contributed by atoms with Crippen LogP contribution in [0.5, 0.6) is 5.75 Å². The first-order valence-electron chi connectivity index (χ1n) is 6.17. The minimum Gasteiger partial charge on any atom is -0.496 e. The molecule has 1 aromatic heterocycles. The highest BCUT2D eigenvalue weighted by atomic mass is 35.5. The van der Waals surface area contributed by atoms with Crippen LogP contribution in [0.25, 0.3) is 0 Å². The van der Waals surface area contributed by atoms with E-state index in [9.17, 15) is 4.79 Å². The standard InChI is InChI=1S/C15H15ClN2O2/c1-10(12-5-3-4-6-13(12)20-2)18-15(19)11-7-8-14(16)17-9-11/h3-10H,1-2H3,(H,18,19)/t10-/m1/s1. The third-order valence-electron chi connectivity index (χ3n) is 2.94. The number of benzene rings is 1. The van der Waals surface area contributed by atoms with E-state index in [0.717, 1.165) is 11.3 Å². The molecule has 1 N–H and O–H groups in total. The number of halogens is 1. The van der Waals surface area contributed by atoms with Crippen molar-refractivity contribution in [2.45, 2.75) is 13.0 Å². The van der Waals surface area contributed by atoms with Gasteiger partial charge in [-0.2, -0.15) is 0 Å². The predicted molar refractivity (Wildman–Crippen MR) is 78.1 cm³/mol. The summed E-state index contributed by atoms with van der Waals surface area (Å²) in [6, 6.07) is 10.6. The lowest BCUT2D eigenvalue weighted by molar-refractivity contribution is 0.0939. The lowest BCUT2D eigenvalue weighted by Gasteiger charge is -2.17. The summed E-state index contributed by atoms with van der Waals surface area (Å²) < 4.78 is 5.29. The average Bonchev–Trinajstić information content (AvgIpc) is 2.47. The van der Waals surface area contributed by atoms with E-state index in [1.165, 1.54) is 6.20 Å². The second kappa shape index (κ2) is 6.39. The van der Waals surface area contributed by atoms with Crippen molar-refractivity contribution in [2.75, 3.05) is 7.11 Å². The summed E-state index contributed by atoms with van der Waals surface area (Å²) in [6.07, 6.45) is 1.45. The molecule has 0 radical (unpaired) electrons. The molecule has 104 valence electrons. The average molecular weight is 291 g/mol. The molecule has 1 heterocycles. The molecule has 0 aliphatic heterocycles. The fraction of sp³-hybridized carbons (Fsp3) is 0.200. The van der Waals surface area contributed by atoms with Crippen LogP contribution in [0.2, 0.25) is 5.15 Å². The van der Waals surface area contributed by atoms with Crippen LogP contribution in [-0.4, -0.2) is 18.0 Å². The molecular formula is C15H15ClN2O2. The van der Waals surface area contributed by atoms with Gasteiger partial charge in [0.05, 0.1) is 18.7 Å². The summed E-state index contributed by atoms with van der Waals surface area (Å²) >= 11 is 5.70. The molecule has 4 nitrogen and oxygen atoms in total. The Hall–Kier alpha value is -2.07. The van der Waals surface area contributed by atoms with E-state index in [1.54, 1.807) is 19.2 Å². The van der Waals surface area contributed by atoms with Crippen molar-refractivity contribution >= 4 is 17.5 Å². The number of pyridine rings is 1. The largest absolute Gasteiger partial charge is 0.496 e. The van der Waals surface area contributed by atoms with Gasteiger partial charge < -0.3 is 10.1 Å². The van der Waals surface area contributed by atoms with Crippen molar-refractivity contribution in [3.63, 3.8) is 0 Å². The highest BCUT2D eigenvalue weighted by Gasteiger charge is 2.14. The molecule has 0 aliphatic carbocycles. The predicted octanol–water partition coefficient (Wildman–Crippen LogP) is 3.23. The fourth-order valence-corrected chi connectivity index (χ4v) is 2.00. The number of hydrogen-bond donors (Lipinski definition) is 1. The first kappa shape index (κ1) is 14.3. The molecule has 1 aromatic carbocycles. The summed E-state index contributed by atoms with van der Waals surface area (Å²) in [5.41, 5.74) is 1.39. The lowest BCUT2D eigenvalue weighted by atomic mass is 10.1. The zero-order valence-corrected chi connectivity index (χ0v) is 12.0. The molecule has 0 fully saturated rings. The van der Waals surface area contributed by atoms with Crippen LogP contribution >= 0.6 is 11.6 Å². The van der Waals surface area contributed by atoms with Gasteiger partial charge in [-0.25, -0.2) is 4.98 Å². The van der Waals surface area contributed by atoms with Gasteiger partial charge in [0.1, 0.15) is 10.9 Å². The number of hydrogen-bond acceptors (Lipinski definition) is 3. The van der Waals surface area contributed by atoms with E-state index in [0.29, 0.717) is 10.7 Å². The number of aromatic nitrogens is 1. The Kier molecular flexibility index (Phi) is 4.58. The molecule has 0 saturated carbocycles. The van der Waals surface area contributed by atoms with Crippen LogP contribution in [0, 0.1) is 0 Å². The Morgan fingerprint density at radius 2 is 2.05 bits per heavy atom. The van der Waals surface area contributed by atoms with E-state index in [-0.39, 0.29) is 11.9 Å². The molecule has 0 bridgehead atoms. The summed E-state index contributed by atoms with van der Waals surface area (Å²) in [7, 11) is 1.61. The van der Waals surface area contributed by atoms with Crippen LogP contribution in [0.1, 0.15) is 28.9 Å². The van der Waals surface area contributed by atoms with E-state index >= 15 is 0 Å². The number of amides is 1. The van der Waals surface area contributed by atoms with Crippen molar-refractivity contribution in [3.8, 4) is 5.75 Å². The summed E-state index contributed by atoms with van der Waals surface area (Å²) in [4.78, 5) is 16.0. The molecule has 2 aromatic rings. The number of carbonyl (C=O) groups is 1. The van der Waals surface area contributed by atoms with E-state index < -0.39 is 0 Å². The SMILES string of the molecule is COc1ccccc1[C@@H](C)NC(=O)c1ccc(Cl)nc1. The molecule has 1 amide bonds. The number of ether oxygens (including phenoxy) is 1. The van der Waals surface area contributed by atoms with Gasteiger partial charge in [-0.15, -0.1) is 0 Å². The number of rotatable bonds is 4. The van der Waals surface area contributed by atoms with Crippen LogP contribution in [0.3, 0.4) is 0 Å². The van der Waals surface area contributed by atoms with Gasteiger partial charge in [-0.3, -0.25) is 4.79 Å². The molecule has 5 heteroatoms. The van der Waals surface area contributed by atoms with Gasteiger partial charge >= 0.3 is 0 Å². The van der Waals surface area contributed by atoms with Gasteiger partial charge in [0.25, 0.3) is 5.91 Å². The maximum atomic E-state index is 12.1. The first-order valence-corrected chi connectivity index (χ1v) is 6.55. The molecular weight excluding hydrogens is 276 g/mol. The van der Waals surface area contributed by atoms with Crippen molar-refractivity contribution in [3.05, 3.63) is 58.9 Å². The topological polar surface area (TPSA) is 51.2 Å². The number of methoxy groups -OCH3 is 1. The number of nitrogens with one attached hydrogen (secondary N) is 1. The number of carbonyl (C=O) groups excluding carboxylic acids is 1. The Bertz CT molecular complexity index is 599. The quantitative estimate of drug-likeness (QED) is 0.880. The Balaban J connectivity index is 2.13.